The molecular weight excluding hydrogens is 447 g/mol. The number of sulfone groups is 1. The summed E-state index contributed by atoms with van der Waals surface area (Å²) in [5.41, 5.74) is 0.938. The van der Waals surface area contributed by atoms with E-state index in [1.165, 1.54) is 6.33 Å². The molecule has 4 rings (SSSR count). The molecule has 1 aliphatic heterocycles. The van der Waals surface area contributed by atoms with Gasteiger partial charge in [-0.3, -0.25) is 4.90 Å². The molecule has 10 heteroatoms. The Bertz CT molecular complexity index is 1140. The van der Waals surface area contributed by atoms with Crippen LogP contribution < -0.4 is 0 Å². The van der Waals surface area contributed by atoms with E-state index in [0.29, 0.717) is 13.0 Å². The molecule has 0 N–H and O–H groups in total. The van der Waals surface area contributed by atoms with Gasteiger partial charge in [-0.25, -0.2) is 26.6 Å². The molecule has 5 nitrogen and oxygen atoms in total. The summed E-state index contributed by atoms with van der Waals surface area (Å²) in [4.78, 5) is 4.99. The van der Waals surface area contributed by atoms with E-state index in [1.54, 1.807) is 0 Å². The Kier molecular flexibility index (Phi) is 6.40. The van der Waals surface area contributed by atoms with Crippen LogP contribution in [-0.2, 0) is 22.1 Å². The summed E-state index contributed by atoms with van der Waals surface area (Å²) in [6.45, 7) is 0.435. The fraction of sp³-hybridized carbons (Fsp3) is 0.333. The first-order valence-electron chi connectivity index (χ1n) is 9.73. The van der Waals surface area contributed by atoms with Crippen molar-refractivity contribution in [2.24, 2.45) is 0 Å². The number of nitrogens with zero attached hydrogens (tertiary/aromatic N) is 3. The zero-order chi connectivity index (χ0) is 22.0. The van der Waals surface area contributed by atoms with Crippen LogP contribution in [0.3, 0.4) is 0 Å². The van der Waals surface area contributed by atoms with Crippen LogP contribution in [0.1, 0.15) is 35.0 Å². The van der Waals surface area contributed by atoms with Crippen molar-refractivity contribution in [2.75, 3.05) is 6.54 Å². The highest BCUT2D eigenvalue weighted by Gasteiger charge is 2.31. The van der Waals surface area contributed by atoms with Crippen molar-refractivity contribution >= 4 is 21.4 Å². The molecule has 0 unspecified atom stereocenters. The predicted molar refractivity (Wildman–Crippen MR) is 111 cm³/mol. The van der Waals surface area contributed by atoms with Crippen LogP contribution in [0.25, 0.3) is 0 Å². The zero-order valence-electron chi connectivity index (χ0n) is 16.4. The Hall–Kier alpha value is -2.30. The molecule has 0 bridgehead atoms. The molecule has 2 heterocycles. The van der Waals surface area contributed by atoms with Gasteiger partial charge in [0.1, 0.15) is 39.8 Å². The van der Waals surface area contributed by atoms with Gasteiger partial charge in [-0.1, -0.05) is 30.3 Å². The van der Waals surface area contributed by atoms with Gasteiger partial charge in [0.2, 0.25) is 0 Å². The first-order valence-corrected chi connectivity index (χ1v) is 12.2. The minimum Gasteiger partial charge on any atom is -0.292 e. The minimum atomic E-state index is -4.12. The van der Waals surface area contributed by atoms with Gasteiger partial charge >= 0.3 is 0 Å². The smallest absolute Gasteiger partial charge is 0.187 e. The molecule has 2 atom stereocenters. The standard InChI is InChI=1S/C21H20F3N3O2S2/c22-16-6-7-27(19(9-16)14-4-2-1-3-5-14)11-15-8-18(24)20(10-17(15)23)31(28,29)12-21-25-13-26-30-21/h1-5,8,10,13,16,19H,6-7,9,11-12H2/t16-,19+/m0/s1. The molecule has 164 valence electrons. The lowest BCUT2D eigenvalue weighted by Gasteiger charge is -2.37. The third-order valence-electron chi connectivity index (χ3n) is 5.36. The highest BCUT2D eigenvalue weighted by Crippen LogP contribution is 2.34. The van der Waals surface area contributed by atoms with Gasteiger partial charge in [-0.15, -0.1) is 0 Å². The molecule has 1 aliphatic rings. The van der Waals surface area contributed by atoms with Crippen molar-refractivity contribution in [1.29, 1.82) is 0 Å². The second kappa shape index (κ2) is 9.05. The lowest BCUT2D eigenvalue weighted by molar-refractivity contribution is 0.0825. The lowest BCUT2D eigenvalue weighted by Crippen LogP contribution is -2.37. The third-order valence-corrected chi connectivity index (χ3v) is 7.84. The Labute approximate surface area is 182 Å². The van der Waals surface area contributed by atoms with Crippen LogP contribution in [0.5, 0.6) is 0 Å². The van der Waals surface area contributed by atoms with Crippen molar-refractivity contribution < 1.29 is 21.6 Å². The summed E-state index contributed by atoms with van der Waals surface area (Å²) in [7, 11) is -4.12. The minimum absolute atomic E-state index is 0.0330. The number of rotatable bonds is 6. The van der Waals surface area contributed by atoms with E-state index in [4.69, 9.17) is 0 Å². The molecule has 2 aromatic carbocycles. The zero-order valence-corrected chi connectivity index (χ0v) is 18.1. The Morgan fingerprint density at radius 3 is 2.61 bits per heavy atom. The van der Waals surface area contributed by atoms with Gasteiger partial charge < -0.3 is 0 Å². The van der Waals surface area contributed by atoms with E-state index in [9.17, 15) is 21.6 Å². The SMILES string of the molecule is O=S(=O)(Cc1ncns1)c1cc(F)c(CN2CC[C@H](F)C[C@@H]2c2ccccc2)cc1F. The maximum atomic E-state index is 14.8. The Morgan fingerprint density at radius 2 is 1.90 bits per heavy atom. The third kappa shape index (κ3) is 4.97. The van der Waals surface area contributed by atoms with E-state index in [1.807, 2.05) is 35.2 Å². The molecule has 1 aromatic heterocycles. The number of piperidine rings is 1. The number of likely N-dealkylation sites (tertiary alicyclic amines) is 1. The molecule has 1 saturated heterocycles. The first-order chi connectivity index (χ1) is 14.8. The van der Waals surface area contributed by atoms with Gasteiger partial charge in [-0.05, 0) is 42.1 Å². The summed E-state index contributed by atoms with van der Waals surface area (Å²) >= 11 is 0.885. The van der Waals surface area contributed by atoms with Crippen LogP contribution in [0, 0.1) is 11.6 Å². The monoisotopic (exact) mass is 467 g/mol. The van der Waals surface area contributed by atoms with Gasteiger partial charge in [0.05, 0.1) is 0 Å². The molecule has 0 radical (unpaired) electrons. The number of alkyl halides is 1. The average molecular weight is 468 g/mol. The van der Waals surface area contributed by atoms with Crippen LogP contribution in [0.4, 0.5) is 13.2 Å². The number of halogens is 3. The number of hydrogen-bond acceptors (Lipinski definition) is 6. The average Bonchev–Trinajstić information content (AvgIpc) is 3.24. The van der Waals surface area contributed by atoms with E-state index in [0.717, 1.165) is 29.2 Å². The van der Waals surface area contributed by atoms with Gasteiger partial charge in [0.25, 0.3) is 0 Å². The highest BCUT2D eigenvalue weighted by atomic mass is 32.2. The van der Waals surface area contributed by atoms with Crippen molar-refractivity contribution in [2.45, 2.75) is 42.2 Å². The number of hydrogen-bond donors (Lipinski definition) is 0. The van der Waals surface area contributed by atoms with Crippen LogP contribution in [0.15, 0.2) is 53.7 Å². The maximum absolute atomic E-state index is 14.8. The van der Waals surface area contributed by atoms with Crippen molar-refractivity contribution in [3.8, 4) is 0 Å². The summed E-state index contributed by atoms with van der Waals surface area (Å²) in [6.07, 6.45) is 0.819. The Balaban J connectivity index is 1.59. The molecule has 0 amide bonds. The largest absolute Gasteiger partial charge is 0.292 e. The fourth-order valence-corrected chi connectivity index (χ4v) is 6.01. The summed E-state index contributed by atoms with van der Waals surface area (Å²) in [5, 5.41) is 0.198. The second-order valence-electron chi connectivity index (χ2n) is 7.49. The highest BCUT2D eigenvalue weighted by molar-refractivity contribution is 7.90. The molecular formula is C21H20F3N3O2S2. The molecule has 1 fully saturated rings. The Morgan fingerprint density at radius 1 is 1.13 bits per heavy atom. The van der Waals surface area contributed by atoms with E-state index >= 15 is 0 Å². The topological polar surface area (TPSA) is 63.2 Å². The summed E-state index contributed by atoms with van der Waals surface area (Å²) in [6, 6.07) is 10.7. The van der Waals surface area contributed by atoms with E-state index < -0.39 is 38.3 Å². The number of aromatic nitrogens is 2. The van der Waals surface area contributed by atoms with Crippen molar-refractivity contribution in [1.82, 2.24) is 14.3 Å². The van der Waals surface area contributed by atoms with Crippen LogP contribution in [-0.4, -0.2) is 35.4 Å². The van der Waals surface area contributed by atoms with Gasteiger partial charge in [-0.2, -0.15) is 4.37 Å². The molecule has 0 aliphatic carbocycles. The van der Waals surface area contributed by atoms with Crippen molar-refractivity contribution in [3.05, 3.63) is 76.6 Å². The summed E-state index contributed by atoms with van der Waals surface area (Å²) in [5.74, 6) is -2.38. The molecule has 0 saturated carbocycles. The first kappa shape index (κ1) is 21.9. The molecule has 3 aromatic rings. The lowest BCUT2D eigenvalue weighted by atomic mass is 9.93. The van der Waals surface area contributed by atoms with E-state index in [-0.39, 0.29) is 29.6 Å². The van der Waals surface area contributed by atoms with Crippen molar-refractivity contribution in [3.63, 3.8) is 0 Å². The van der Waals surface area contributed by atoms with Gasteiger partial charge in [0, 0.05) is 24.7 Å². The van der Waals surface area contributed by atoms with Gasteiger partial charge in [0.15, 0.2) is 9.84 Å². The quantitative estimate of drug-likeness (QED) is 0.536. The second-order valence-corrected chi connectivity index (χ2v) is 10.3. The predicted octanol–water partition coefficient (Wildman–Crippen LogP) is 4.47. The van der Waals surface area contributed by atoms with Crippen LogP contribution >= 0.6 is 11.5 Å². The molecule has 31 heavy (non-hydrogen) atoms. The normalized spacial score (nSPS) is 20.1. The molecule has 0 spiro atoms. The van der Waals surface area contributed by atoms with E-state index in [2.05, 4.69) is 9.36 Å². The fourth-order valence-electron chi connectivity index (χ4n) is 3.83. The summed E-state index contributed by atoms with van der Waals surface area (Å²) < 4.78 is 72.4. The van der Waals surface area contributed by atoms with Crippen LogP contribution in [0.2, 0.25) is 0 Å². The number of benzene rings is 2. The maximum Gasteiger partial charge on any atom is 0.187 e.